The van der Waals surface area contributed by atoms with Crippen molar-refractivity contribution in [3.8, 4) is 0 Å². The van der Waals surface area contributed by atoms with Crippen molar-refractivity contribution in [1.82, 2.24) is 0 Å². The topological polar surface area (TPSA) is 20.2 Å². The SMILES string of the molecule is Cc1cc(C)cc(CC(O)c2ccc(Br)c(Cl)c2)c1. The fourth-order valence-electron chi connectivity index (χ4n) is 2.25. The quantitative estimate of drug-likeness (QED) is 0.834. The summed E-state index contributed by atoms with van der Waals surface area (Å²) < 4.78 is 0.844. The van der Waals surface area contributed by atoms with E-state index in [1.54, 1.807) is 6.07 Å². The van der Waals surface area contributed by atoms with Gasteiger partial charge in [-0.15, -0.1) is 0 Å². The lowest BCUT2D eigenvalue weighted by atomic mass is 9.98. The van der Waals surface area contributed by atoms with Crippen molar-refractivity contribution in [3.63, 3.8) is 0 Å². The van der Waals surface area contributed by atoms with E-state index in [0.717, 1.165) is 15.6 Å². The Kier molecular flexibility index (Phi) is 4.67. The zero-order valence-electron chi connectivity index (χ0n) is 11.0. The molecule has 0 bridgehead atoms. The van der Waals surface area contributed by atoms with E-state index < -0.39 is 6.10 Å². The lowest BCUT2D eigenvalue weighted by Crippen LogP contribution is -2.02. The molecule has 0 saturated heterocycles. The molecule has 0 saturated carbocycles. The molecule has 0 radical (unpaired) electrons. The lowest BCUT2D eigenvalue weighted by Gasteiger charge is -2.13. The van der Waals surface area contributed by atoms with E-state index in [-0.39, 0.29) is 0 Å². The van der Waals surface area contributed by atoms with Crippen molar-refractivity contribution in [2.75, 3.05) is 0 Å². The first-order valence-electron chi connectivity index (χ1n) is 6.16. The normalized spacial score (nSPS) is 12.5. The van der Waals surface area contributed by atoms with Gasteiger partial charge in [0.15, 0.2) is 0 Å². The van der Waals surface area contributed by atoms with Crippen LogP contribution >= 0.6 is 27.5 Å². The summed E-state index contributed by atoms with van der Waals surface area (Å²) in [5, 5.41) is 10.9. The van der Waals surface area contributed by atoms with Crippen LogP contribution in [0.1, 0.15) is 28.4 Å². The highest BCUT2D eigenvalue weighted by molar-refractivity contribution is 9.10. The summed E-state index contributed by atoms with van der Waals surface area (Å²) in [6, 6.07) is 11.9. The van der Waals surface area contributed by atoms with Gasteiger partial charge in [0.05, 0.1) is 11.1 Å². The van der Waals surface area contributed by atoms with E-state index in [1.807, 2.05) is 12.1 Å². The molecule has 3 heteroatoms. The van der Waals surface area contributed by atoms with Crippen LogP contribution in [-0.2, 0) is 6.42 Å². The van der Waals surface area contributed by atoms with E-state index in [9.17, 15) is 5.11 Å². The molecule has 0 aliphatic rings. The minimum atomic E-state index is -0.535. The van der Waals surface area contributed by atoms with Gasteiger partial charge >= 0.3 is 0 Å². The van der Waals surface area contributed by atoms with Crippen LogP contribution in [0, 0.1) is 13.8 Å². The zero-order chi connectivity index (χ0) is 14.0. The molecule has 0 aromatic heterocycles. The van der Waals surface area contributed by atoms with Crippen LogP contribution in [0.4, 0.5) is 0 Å². The van der Waals surface area contributed by atoms with Crippen molar-refractivity contribution in [3.05, 3.63) is 68.1 Å². The Bertz CT molecular complexity index is 575. The smallest absolute Gasteiger partial charge is 0.0830 e. The molecular weight excluding hydrogens is 324 g/mol. The molecule has 0 aliphatic carbocycles. The highest BCUT2D eigenvalue weighted by atomic mass is 79.9. The van der Waals surface area contributed by atoms with Crippen molar-refractivity contribution >= 4 is 27.5 Å². The first-order chi connectivity index (χ1) is 8.95. The van der Waals surface area contributed by atoms with Gasteiger partial charge in [-0.2, -0.15) is 0 Å². The second-order valence-corrected chi connectivity index (χ2v) is 6.15. The minimum Gasteiger partial charge on any atom is -0.388 e. The average molecular weight is 340 g/mol. The molecule has 2 rings (SSSR count). The summed E-state index contributed by atoms with van der Waals surface area (Å²) in [4.78, 5) is 0. The Hall–Kier alpha value is -0.830. The number of aliphatic hydroxyl groups is 1. The fraction of sp³-hybridized carbons (Fsp3) is 0.250. The molecule has 0 fully saturated rings. The van der Waals surface area contributed by atoms with E-state index in [0.29, 0.717) is 11.4 Å². The number of aliphatic hydroxyl groups excluding tert-OH is 1. The monoisotopic (exact) mass is 338 g/mol. The fourth-order valence-corrected chi connectivity index (χ4v) is 2.68. The van der Waals surface area contributed by atoms with E-state index in [2.05, 4.69) is 48.0 Å². The average Bonchev–Trinajstić information content (AvgIpc) is 2.31. The molecule has 1 nitrogen and oxygen atoms in total. The van der Waals surface area contributed by atoms with Gasteiger partial charge in [-0.25, -0.2) is 0 Å². The first-order valence-corrected chi connectivity index (χ1v) is 7.33. The van der Waals surface area contributed by atoms with Crippen molar-refractivity contribution in [2.45, 2.75) is 26.4 Å². The van der Waals surface area contributed by atoms with Gasteiger partial charge in [0.2, 0.25) is 0 Å². The Morgan fingerprint density at radius 3 is 2.32 bits per heavy atom. The standard InChI is InChI=1S/C16H16BrClO/c1-10-5-11(2)7-12(6-10)8-16(19)13-3-4-14(17)15(18)9-13/h3-7,9,16,19H,8H2,1-2H3. The maximum Gasteiger partial charge on any atom is 0.0830 e. The summed E-state index contributed by atoms with van der Waals surface area (Å²) in [6.07, 6.45) is 0.0623. The maximum absolute atomic E-state index is 10.3. The number of aryl methyl sites for hydroxylation is 2. The molecule has 0 heterocycles. The molecule has 2 aromatic carbocycles. The largest absolute Gasteiger partial charge is 0.388 e. The summed E-state index contributed by atoms with van der Waals surface area (Å²) in [6.45, 7) is 4.14. The number of halogens is 2. The lowest BCUT2D eigenvalue weighted by molar-refractivity contribution is 0.178. The molecule has 0 aliphatic heterocycles. The second kappa shape index (κ2) is 6.08. The maximum atomic E-state index is 10.3. The zero-order valence-corrected chi connectivity index (χ0v) is 13.3. The van der Waals surface area contributed by atoms with Crippen LogP contribution < -0.4 is 0 Å². The molecule has 0 spiro atoms. The Morgan fingerprint density at radius 1 is 1.11 bits per heavy atom. The predicted octanol–water partition coefficient (Wildman–Crippen LogP) is 5.00. The third kappa shape index (κ3) is 3.82. The molecule has 19 heavy (non-hydrogen) atoms. The molecule has 0 amide bonds. The van der Waals surface area contributed by atoms with Gasteiger partial charge in [-0.1, -0.05) is 47.0 Å². The molecule has 1 N–H and O–H groups in total. The van der Waals surface area contributed by atoms with Crippen LogP contribution in [0.25, 0.3) is 0 Å². The van der Waals surface area contributed by atoms with Gasteiger partial charge in [0, 0.05) is 10.9 Å². The predicted molar refractivity (Wildman–Crippen MR) is 83.7 cm³/mol. The molecule has 1 unspecified atom stereocenters. The molecule has 2 aromatic rings. The van der Waals surface area contributed by atoms with Gasteiger partial charge in [-0.05, 0) is 53.0 Å². The summed E-state index contributed by atoms with van der Waals surface area (Å²) in [7, 11) is 0. The summed E-state index contributed by atoms with van der Waals surface area (Å²) in [5.41, 5.74) is 4.42. The van der Waals surface area contributed by atoms with E-state index in [1.165, 1.54) is 11.1 Å². The molecule has 100 valence electrons. The van der Waals surface area contributed by atoms with E-state index in [4.69, 9.17) is 11.6 Å². The first kappa shape index (κ1) is 14.6. The van der Waals surface area contributed by atoms with Crippen molar-refractivity contribution in [1.29, 1.82) is 0 Å². The number of hydrogen-bond donors (Lipinski definition) is 1. The summed E-state index contributed by atoms with van der Waals surface area (Å²) >= 11 is 9.40. The van der Waals surface area contributed by atoms with Crippen LogP contribution in [0.5, 0.6) is 0 Å². The van der Waals surface area contributed by atoms with Crippen molar-refractivity contribution < 1.29 is 5.11 Å². The van der Waals surface area contributed by atoms with Crippen LogP contribution in [0.2, 0.25) is 5.02 Å². The van der Waals surface area contributed by atoms with Gasteiger partial charge < -0.3 is 5.11 Å². The number of benzene rings is 2. The third-order valence-corrected chi connectivity index (χ3v) is 4.27. The number of rotatable bonds is 3. The Morgan fingerprint density at radius 2 is 1.74 bits per heavy atom. The van der Waals surface area contributed by atoms with Crippen LogP contribution in [-0.4, -0.2) is 5.11 Å². The number of hydrogen-bond acceptors (Lipinski definition) is 1. The Labute approximate surface area is 127 Å². The van der Waals surface area contributed by atoms with Gasteiger partial charge in [0.1, 0.15) is 0 Å². The Balaban J connectivity index is 2.20. The van der Waals surface area contributed by atoms with Crippen molar-refractivity contribution in [2.24, 2.45) is 0 Å². The molecule has 1 atom stereocenters. The van der Waals surface area contributed by atoms with Crippen LogP contribution in [0.3, 0.4) is 0 Å². The third-order valence-electron chi connectivity index (χ3n) is 3.04. The van der Waals surface area contributed by atoms with E-state index >= 15 is 0 Å². The second-order valence-electron chi connectivity index (χ2n) is 4.89. The van der Waals surface area contributed by atoms with Gasteiger partial charge in [0.25, 0.3) is 0 Å². The minimum absolute atomic E-state index is 0.535. The molecular formula is C16H16BrClO. The highest BCUT2D eigenvalue weighted by Crippen LogP contribution is 2.27. The van der Waals surface area contributed by atoms with Crippen LogP contribution in [0.15, 0.2) is 40.9 Å². The highest BCUT2D eigenvalue weighted by Gasteiger charge is 2.11. The summed E-state index contributed by atoms with van der Waals surface area (Å²) in [5.74, 6) is 0. The van der Waals surface area contributed by atoms with Gasteiger partial charge in [-0.3, -0.25) is 0 Å².